The molecule has 1 N–H and O–H groups in total. The van der Waals surface area contributed by atoms with E-state index in [0.717, 1.165) is 10.9 Å². The van der Waals surface area contributed by atoms with Crippen LogP contribution in [0, 0.1) is 0 Å². The van der Waals surface area contributed by atoms with Crippen LogP contribution in [0.15, 0.2) is 33.5 Å². The van der Waals surface area contributed by atoms with E-state index in [1.54, 1.807) is 33.1 Å². The maximum absolute atomic E-state index is 11.2. The van der Waals surface area contributed by atoms with Crippen LogP contribution in [0.25, 0.3) is 11.0 Å². The lowest BCUT2D eigenvalue weighted by Crippen LogP contribution is -2.26. The van der Waals surface area contributed by atoms with E-state index < -0.39 is 11.2 Å². The molecule has 20 heavy (non-hydrogen) atoms. The molecular formula is C15H16O5. The van der Waals surface area contributed by atoms with Gasteiger partial charge >= 0.3 is 5.63 Å². The number of methoxy groups -OCH3 is 1. The van der Waals surface area contributed by atoms with Crippen molar-refractivity contribution in [2.75, 3.05) is 7.11 Å². The zero-order valence-electron chi connectivity index (χ0n) is 11.5. The zero-order chi connectivity index (χ0) is 14.5. The topological polar surface area (TPSA) is 72.2 Å². The number of aliphatic hydroxyl groups is 1. The molecule has 1 aromatic carbocycles. The molecule has 0 spiro atoms. The fraction of sp³-hybridized carbons (Fsp3) is 0.400. The third kappa shape index (κ3) is 2.19. The molecule has 0 saturated carbocycles. The highest BCUT2D eigenvalue weighted by Gasteiger charge is 2.50. The first-order chi connectivity index (χ1) is 9.40. The summed E-state index contributed by atoms with van der Waals surface area (Å²) in [4.78, 5) is 11.2. The van der Waals surface area contributed by atoms with Crippen LogP contribution in [-0.2, 0) is 4.74 Å². The second-order valence-electron chi connectivity index (χ2n) is 5.52. The molecule has 2 atom stereocenters. The van der Waals surface area contributed by atoms with Crippen molar-refractivity contribution in [1.29, 1.82) is 0 Å². The number of hydrogen-bond acceptors (Lipinski definition) is 5. The van der Waals surface area contributed by atoms with Crippen LogP contribution in [-0.4, -0.2) is 23.9 Å². The van der Waals surface area contributed by atoms with Gasteiger partial charge in [-0.3, -0.25) is 0 Å². The fourth-order valence-electron chi connectivity index (χ4n) is 2.40. The summed E-state index contributed by atoms with van der Waals surface area (Å²) >= 11 is 0. The molecule has 106 valence electrons. The minimum absolute atomic E-state index is 0.207. The zero-order valence-corrected chi connectivity index (χ0v) is 11.5. The van der Waals surface area contributed by atoms with Crippen LogP contribution >= 0.6 is 0 Å². The molecule has 0 aliphatic carbocycles. The van der Waals surface area contributed by atoms with E-state index in [9.17, 15) is 9.90 Å². The van der Waals surface area contributed by atoms with Gasteiger partial charge in [0, 0.05) is 23.1 Å². The van der Waals surface area contributed by atoms with Crippen LogP contribution in [0.2, 0.25) is 0 Å². The molecule has 1 aliphatic rings. The van der Waals surface area contributed by atoms with Crippen molar-refractivity contribution in [3.63, 3.8) is 0 Å². The Labute approximate surface area is 115 Å². The minimum Gasteiger partial charge on any atom is -0.496 e. The van der Waals surface area contributed by atoms with Crippen LogP contribution in [0.1, 0.15) is 25.5 Å². The second kappa shape index (κ2) is 4.33. The van der Waals surface area contributed by atoms with Crippen molar-refractivity contribution in [3.05, 3.63) is 40.2 Å². The molecule has 0 bridgehead atoms. The van der Waals surface area contributed by atoms with Gasteiger partial charge < -0.3 is 19.0 Å². The van der Waals surface area contributed by atoms with Crippen molar-refractivity contribution in [2.24, 2.45) is 0 Å². The Morgan fingerprint density at radius 2 is 2.05 bits per heavy atom. The molecule has 2 aromatic rings. The van der Waals surface area contributed by atoms with Gasteiger partial charge in [0.15, 0.2) is 0 Å². The Balaban J connectivity index is 2.07. The van der Waals surface area contributed by atoms with Crippen LogP contribution < -0.4 is 10.4 Å². The molecule has 3 rings (SSSR count). The lowest BCUT2D eigenvalue weighted by atomic mass is 9.97. The van der Waals surface area contributed by atoms with E-state index in [4.69, 9.17) is 13.9 Å². The van der Waals surface area contributed by atoms with Gasteiger partial charge in [-0.15, -0.1) is 0 Å². The van der Waals surface area contributed by atoms with Gasteiger partial charge in [0.2, 0.25) is 0 Å². The summed E-state index contributed by atoms with van der Waals surface area (Å²) in [6.45, 7) is 3.43. The summed E-state index contributed by atoms with van der Waals surface area (Å²) in [5, 5.41) is 10.8. The largest absolute Gasteiger partial charge is 0.496 e. The molecule has 0 amide bonds. The Kier molecular flexibility index (Phi) is 2.84. The first-order valence-corrected chi connectivity index (χ1v) is 6.40. The molecule has 2 unspecified atom stereocenters. The molecule has 5 heteroatoms. The molecule has 1 fully saturated rings. The van der Waals surface area contributed by atoms with E-state index >= 15 is 0 Å². The number of fused-ring (bicyclic) bond motifs is 1. The monoisotopic (exact) mass is 276 g/mol. The maximum atomic E-state index is 11.2. The first-order valence-electron chi connectivity index (χ1n) is 6.40. The van der Waals surface area contributed by atoms with E-state index in [0.29, 0.717) is 11.3 Å². The van der Waals surface area contributed by atoms with Crippen molar-refractivity contribution in [1.82, 2.24) is 0 Å². The summed E-state index contributed by atoms with van der Waals surface area (Å²) in [6, 6.07) is 6.62. The Morgan fingerprint density at radius 3 is 2.65 bits per heavy atom. The van der Waals surface area contributed by atoms with E-state index in [2.05, 4.69) is 0 Å². The number of ether oxygens (including phenoxy) is 2. The maximum Gasteiger partial charge on any atom is 0.336 e. The number of benzene rings is 1. The summed E-state index contributed by atoms with van der Waals surface area (Å²) in [5.41, 5.74) is 0.0114. The van der Waals surface area contributed by atoms with E-state index in [1.165, 1.54) is 6.07 Å². The Morgan fingerprint density at radius 1 is 1.30 bits per heavy atom. The highest BCUT2D eigenvalue weighted by atomic mass is 16.6. The van der Waals surface area contributed by atoms with Gasteiger partial charge in [-0.05, 0) is 26.0 Å². The number of rotatable bonds is 3. The molecule has 0 radical (unpaired) electrons. The van der Waals surface area contributed by atoms with Gasteiger partial charge in [0.05, 0.1) is 12.7 Å². The lowest BCUT2D eigenvalue weighted by molar-refractivity contribution is 0.0482. The van der Waals surface area contributed by atoms with E-state index in [-0.39, 0.29) is 12.2 Å². The Hall–Kier alpha value is -1.85. The summed E-state index contributed by atoms with van der Waals surface area (Å²) < 4.78 is 16.0. The predicted octanol–water partition coefficient (Wildman–Crippen LogP) is 2.01. The standard InChI is InChI=1S/C15H16O5/c1-15(2,17)14-13(20-14)9-6-8-4-5-12(16)19-10(8)7-11(9)18-3/h4-7,13-14,17H,1-3H3. The van der Waals surface area contributed by atoms with Crippen molar-refractivity contribution in [3.8, 4) is 5.75 Å². The molecule has 1 aliphatic heterocycles. The Bertz CT molecular complexity index is 710. The van der Waals surface area contributed by atoms with Crippen LogP contribution in [0.5, 0.6) is 5.75 Å². The third-order valence-electron chi connectivity index (χ3n) is 3.47. The van der Waals surface area contributed by atoms with Gasteiger partial charge in [0.25, 0.3) is 0 Å². The SMILES string of the molecule is COc1cc2oc(=O)ccc2cc1C1OC1C(C)(C)O. The highest BCUT2D eigenvalue weighted by molar-refractivity contribution is 5.79. The molecule has 1 saturated heterocycles. The summed E-state index contributed by atoms with van der Waals surface area (Å²) in [5.74, 6) is 0.587. The average molecular weight is 276 g/mol. The fourth-order valence-corrected chi connectivity index (χ4v) is 2.40. The van der Waals surface area contributed by atoms with Crippen LogP contribution in [0.4, 0.5) is 0 Å². The van der Waals surface area contributed by atoms with Crippen molar-refractivity contribution >= 4 is 11.0 Å². The summed E-state index contributed by atoms with van der Waals surface area (Å²) in [7, 11) is 1.55. The molecular weight excluding hydrogens is 260 g/mol. The normalized spacial score (nSPS) is 22.0. The molecule has 5 nitrogen and oxygen atoms in total. The average Bonchev–Trinajstić information content (AvgIpc) is 3.17. The number of epoxide rings is 1. The lowest BCUT2D eigenvalue weighted by Gasteiger charge is -2.14. The quantitative estimate of drug-likeness (QED) is 0.686. The van der Waals surface area contributed by atoms with Crippen LogP contribution in [0.3, 0.4) is 0 Å². The number of hydrogen-bond donors (Lipinski definition) is 1. The highest BCUT2D eigenvalue weighted by Crippen LogP contribution is 2.48. The van der Waals surface area contributed by atoms with Gasteiger partial charge in [0.1, 0.15) is 23.5 Å². The summed E-state index contributed by atoms with van der Waals surface area (Å²) in [6.07, 6.45) is -0.467. The van der Waals surface area contributed by atoms with E-state index in [1.807, 2.05) is 6.07 Å². The second-order valence-corrected chi connectivity index (χ2v) is 5.52. The van der Waals surface area contributed by atoms with Crippen molar-refractivity contribution in [2.45, 2.75) is 31.7 Å². The minimum atomic E-state index is -0.909. The van der Waals surface area contributed by atoms with Gasteiger partial charge in [-0.2, -0.15) is 0 Å². The molecule has 2 heterocycles. The van der Waals surface area contributed by atoms with Gasteiger partial charge in [-0.25, -0.2) is 4.79 Å². The van der Waals surface area contributed by atoms with Gasteiger partial charge in [-0.1, -0.05) is 0 Å². The molecule has 1 aromatic heterocycles. The smallest absolute Gasteiger partial charge is 0.336 e. The van der Waals surface area contributed by atoms with Crippen molar-refractivity contribution < 1.29 is 19.0 Å². The first kappa shape index (κ1) is 13.1. The predicted molar refractivity (Wildman–Crippen MR) is 72.9 cm³/mol. The third-order valence-corrected chi connectivity index (χ3v) is 3.47.